The van der Waals surface area contributed by atoms with E-state index in [9.17, 15) is 8.42 Å². The molecule has 8 rings (SSSR count). The van der Waals surface area contributed by atoms with Crippen LogP contribution in [-0.4, -0.2) is 83.4 Å². The van der Waals surface area contributed by atoms with Gasteiger partial charge in [0.05, 0.1) is 12.5 Å². The number of sulfone groups is 1. The number of nitrogens with one attached hydrogen (secondary N) is 2. The van der Waals surface area contributed by atoms with E-state index in [4.69, 9.17) is 26.0 Å². The van der Waals surface area contributed by atoms with Gasteiger partial charge >= 0.3 is 0 Å². The Kier molecular flexibility index (Phi) is 14.3. The molecule has 6 heterocycles. The van der Waals surface area contributed by atoms with E-state index < -0.39 is 15.0 Å². The van der Waals surface area contributed by atoms with Crippen LogP contribution < -0.4 is 27.8 Å². The number of hydrogen-bond acceptors (Lipinski definition) is 17. The Bertz CT molecular complexity index is 2660. The number of anilines is 4. The number of benzene rings is 2. The van der Waals surface area contributed by atoms with Crippen molar-refractivity contribution in [1.29, 1.82) is 0 Å². The molecule has 0 radical (unpaired) electrons. The third kappa shape index (κ3) is 11.4. The van der Waals surface area contributed by atoms with Gasteiger partial charge in [0.15, 0.2) is 11.5 Å². The maximum absolute atomic E-state index is 11.4. The van der Waals surface area contributed by atoms with Gasteiger partial charge in [-0.1, -0.05) is 56.7 Å². The second-order valence-corrected chi connectivity index (χ2v) is 15.5. The zero-order valence-electron chi connectivity index (χ0n) is 33.7. The van der Waals surface area contributed by atoms with Crippen LogP contribution in [0.1, 0.15) is 49.8 Å². The lowest BCUT2D eigenvalue weighted by Gasteiger charge is -2.07. The van der Waals surface area contributed by atoms with Crippen molar-refractivity contribution in [3.05, 3.63) is 102 Å². The van der Waals surface area contributed by atoms with Gasteiger partial charge in [0, 0.05) is 25.0 Å². The van der Waals surface area contributed by atoms with E-state index in [-0.39, 0.29) is 23.5 Å². The fraction of sp³-hybridized carbons (Fsp3) is 0.300. The second kappa shape index (κ2) is 20.2. The summed E-state index contributed by atoms with van der Waals surface area (Å²) >= 11 is 0. The number of rotatable bonds is 15. The molecule has 0 spiro atoms. The molecule has 0 aliphatic rings. The number of furan rings is 2. The van der Waals surface area contributed by atoms with E-state index in [0.29, 0.717) is 35.6 Å². The number of fused-ring (bicyclic) bond motifs is 2. The first-order valence-electron chi connectivity index (χ1n) is 19.5. The van der Waals surface area contributed by atoms with Gasteiger partial charge in [0.1, 0.15) is 0 Å². The van der Waals surface area contributed by atoms with Crippen molar-refractivity contribution < 1.29 is 17.3 Å². The smallest absolute Gasteiger partial charge is 0.259 e. The number of hydrogen-bond donors (Lipinski definition) is 5. The van der Waals surface area contributed by atoms with Crippen LogP contribution in [0.3, 0.4) is 0 Å². The number of aryl methyl sites for hydroxylation is 1. The van der Waals surface area contributed by atoms with Gasteiger partial charge < -0.3 is 36.7 Å². The van der Waals surface area contributed by atoms with Crippen LogP contribution in [0.4, 0.5) is 23.5 Å². The molecule has 60 heavy (non-hydrogen) atoms. The minimum atomic E-state index is -3.57. The van der Waals surface area contributed by atoms with Crippen LogP contribution in [0.25, 0.3) is 34.7 Å². The standard InChI is InChI=1S/C20H23N7O.C11H18N2.C9H8N6O3S/c1-2-3-5-14-7-9-15(10-8-14)11-12-22-19-24-18(21)27-20(25-19)23-17(26-27)16-6-4-13-28-16;1-2-9-13-11-5-3-10(4-6-11)7-8-12;1-19(16,17)9-12-7(10)15-8(13-9)11-6(14-15)5-3-2-4-18-5/h4,6-10,13H,2-3,5,11-12H2,1H3,(H3,21,22,23,24,25,26);3-6,13H,2,7-9,12H2,1H3;2-4H,1H3,(H2,10,11,12,13,14). The molecule has 20 heteroatoms. The van der Waals surface area contributed by atoms with Crippen LogP contribution in [0.5, 0.6) is 0 Å². The molecule has 19 nitrogen and oxygen atoms in total. The molecule has 0 aliphatic heterocycles. The number of unbranched alkanes of at least 4 members (excludes halogenated alkanes) is 1. The van der Waals surface area contributed by atoms with Crippen molar-refractivity contribution in [1.82, 2.24) is 49.1 Å². The SMILES string of the molecule is CCCCc1ccc(CCNc2nc(N)n3nc(-c4ccco4)nc3n2)cc1.CCCNc1ccc(CCN)cc1.CS(=O)(=O)c1nc(N)n2nc(-c3ccco3)nc2n1. The highest BCUT2D eigenvalue weighted by molar-refractivity contribution is 7.90. The summed E-state index contributed by atoms with van der Waals surface area (Å²) in [6.07, 6.45) is 10.6. The molecular formula is C40H49N15O4S. The number of aromatic nitrogens is 10. The Morgan fingerprint density at radius 1 is 0.633 bits per heavy atom. The Labute approximate surface area is 346 Å². The maximum atomic E-state index is 11.4. The number of nitrogens with zero attached hydrogens (tertiary/aromatic N) is 10. The molecule has 6 aromatic heterocycles. The van der Waals surface area contributed by atoms with Gasteiger partial charge in [-0.05, 0) is 91.7 Å². The monoisotopic (exact) mass is 835 g/mol. The molecule has 0 bridgehead atoms. The first-order chi connectivity index (χ1) is 29.0. The summed E-state index contributed by atoms with van der Waals surface area (Å²) in [5, 5.41) is 14.5. The summed E-state index contributed by atoms with van der Waals surface area (Å²) in [4.78, 5) is 24.6. The predicted molar refractivity (Wildman–Crippen MR) is 230 cm³/mol. The van der Waals surface area contributed by atoms with E-state index in [0.717, 1.165) is 49.5 Å². The van der Waals surface area contributed by atoms with Crippen molar-refractivity contribution in [3.8, 4) is 23.2 Å². The van der Waals surface area contributed by atoms with E-state index in [1.807, 2.05) is 0 Å². The summed E-state index contributed by atoms with van der Waals surface area (Å²) < 4.78 is 35.8. The number of nitrogen functional groups attached to an aromatic ring is 2. The summed E-state index contributed by atoms with van der Waals surface area (Å²) in [7, 11) is -3.57. The van der Waals surface area contributed by atoms with Crippen molar-refractivity contribution in [2.24, 2.45) is 5.73 Å². The van der Waals surface area contributed by atoms with Gasteiger partial charge in [-0.15, -0.1) is 10.2 Å². The Balaban J connectivity index is 0.000000163. The van der Waals surface area contributed by atoms with E-state index >= 15 is 0 Å². The molecule has 314 valence electrons. The molecule has 0 fully saturated rings. The summed E-state index contributed by atoms with van der Waals surface area (Å²) in [5.74, 6) is 2.60. The molecule has 0 unspecified atom stereocenters. The largest absolute Gasteiger partial charge is 0.461 e. The highest BCUT2D eigenvalue weighted by atomic mass is 32.2. The maximum Gasteiger partial charge on any atom is 0.259 e. The van der Waals surface area contributed by atoms with E-state index in [1.165, 1.54) is 46.0 Å². The van der Waals surface area contributed by atoms with E-state index in [1.54, 1.807) is 30.5 Å². The molecular weight excluding hydrogens is 787 g/mol. The van der Waals surface area contributed by atoms with Crippen LogP contribution in [-0.2, 0) is 29.1 Å². The van der Waals surface area contributed by atoms with Gasteiger partial charge in [0.25, 0.3) is 16.7 Å². The zero-order valence-corrected chi connectivity index (χ0v) is 34.5. The Hall–Kier alpha value is -6.93. The van der Waals surface area contributed by atoms with E-state index in [2.05, 4.69) is 113 Å². The summed E-state index contributed by atoms with van der Waals surface area (Å²) in [6.45, 7) is 6.83. The van der Waals surface area contributed by atoms with Crippen LogP contribution in [0, 0.1) is 0 Å². The fourth-order valence-corrected chi connectivity index (χ4v) is 6.16. The van der Waals surface area contributed by atoms with Crippen LogP contribution >= 0.6 is 0 Å². The molecule has 0 amide bonds. The van der Waals surface area contributed by atoms with Gasteiger partial charge in [-0.3, -0.25) is 0 Å². The van der Waals surface area contributed by atoms with Crippen LogP contribution in [0.2, 0.25) is 0 Å². The average Bonchev–Trinajstić information content (AvgIpc) is 4.08. The van der Waals surface area contributed by atoms with Gasteiger partial charge in [-0.2, -0.15) is 38.9 Å². The summed E-state index contributed by atoms with van der Waals surface area (Å²) in [5.41, 5.74) is 22.3. The average molecular weight is 836 g/mol. The van der Waals surface area contributed by atoms with Crippen molar-refractivity contribution >= 4 is 44.9 Å². The van der Waals surface area contributed by atoms with Gasteiger partial charge in [0.2, 0.25) is 39.3 Å². The van der Waals surface area contributed by atoms with Crippen molar-refractivity contribution in [2.75, 3.05) is 48.0 Å². The lowest BCUT2D eigenvalue weighted by molar-refractivity contribution is 0.577. The molecule has 8 N–H and O–H groups in total. The highest BCUT2D eigenvalue weighted by Crippen LogP contribution is 2.19. The highest BCUT2D eigenvalue weighted by Gasteiger charge is 2.18. The lowest BCUT2D eigenvalue weighted by Crippen LogP contribution is -2.12. The normalized spacial score (nSPS) is 11.2. The number of nitrogens with two attached hydrogens (primary N) is 3. The third-order valence-corrected chi connectivity index (χ3v) is 9.61. The topological polar surface area (TPSA) is 274 Å². The predicted octanol–water partition coefficient (Wildman–Crippen LogP) is 5.13. The van der Waals surface area contributed by atoms with Crippen molar-refractivity contribution in [3.63, 3.8) is 0 Å². The minimum Gasteiger partial charge on any atom is -0.461 e. The third-order valence-electron chi connectivity index (χ3n) is 8.77. The molecule has 0 aliphatic carbocycles. The molecule has 8 aromatic rings. The van der Waals surface area contributed by atoms with Crippen molar-refractivity contribution in [2.45, 2.75) is 57.5 Å². The first kappa shape index (κ1) is 42.7. The second-order valence-electron chi connectivity index (χ2n) is 13.6. The Morgan fingerprint density at radius 2 is 1.18 bits per heavy atom. The molecule has 0 saturated carbocycles. The quantitative estimate of drug-likeness (QED) is 0.0895. The first-order valence-corrected chi connectivity index (χ1v) is 21.4. The van der Waals surface area contributed by atoms with Crippen LogP contribution in [0.15, 0.2) is 99.3 Å². The zero-order chi connectivity index (χ0) is 42.5. The molecule has 0 atom stereocenters. The molecule has 0 saturated heterocycles. The minimum absolute atomic E-state index is 0.0410. The lowest BCUT2D eigenvalue weighted by atomic mass is 10.1. The fourth-order valence-electron chi connectivity index (χ4n) is 5.65. The summed E-state index contributed by atoms with van der Waals surface area (Å²) in [6, 6.07) is 24.2. The molecule has 2 aromatic carbocycles. The van der Waals surface area contributed by atoms with Gasteiger partial charge in [-0.25, -0.2) is 8.42 Å². The Morgan fingerprint density at radius 3 is 1.72 bits per heavy atom.